The van der Waals surface area contributed by atoms with Gasteiger partial charge < -0.3 is 0 Å². The maximum absolute atomic E-state index is 13.0. The van der Waals surface area contributed by atoms with E-state index in [1.54, 1.807) is 26.0 Å². The van der Waals surface area contributed by atoms with Gasteiger partial charge in [-0.1, -0.05) is 0 Å². The maximum atomic E-state index is 13.0. The molecular weight excluding hydrogens is 450 g/mol. The molecule has 12 heteroatoms. The average molecular weight is 474 g/mol. The van der Waals surface area contributed by atoms with Gasteiger partial charge in [0, 0.05) is 12.2 Å². The Morgan fingerprint density at radius 2 is 1.53 bits per heavy atom. The first-order valence-corrected chi connectivity index (χ1v) is 13.7. The van der Waals surface area contributed by atoms with E-state index < -0.39 is 30.1 Å². The molecule has 0 aromatic heterocycles. The summed E-state index contributed by atoms with van der Waals surface area (Å²) in [5, 5.41) is 5.05. The van der Waals surface area contributed by atoms with E-state index in [-0.39, 0.29) is 21.2 Å². The van der Waals surface area contributed by atoms with E-state index in [1.165, 1.54) is 28.6 Å². The number of rotatable bonds is 5. The van der Waals surface area contributed by atoms with Crippen LogP contribution in [0.25, 0.3) is 0 Å². The topological polar surface area (TPSA) is 144 Å². The van der Waals surface area contributed by atoms with Gasteiger partial charge in [0.1, 0.15) is 0 Å². The van der Waals surface area contributed by atoms with Crippen molar-refractivity contribution in [3.8, 4) is 0 Å². The van der Waals surface area contributed by atoms with Crippen molar-refractivity contribution in [2.75, 3.05) is 21.3 Å². The third kappa shape index (κ3) is 4.61. The standard InChI is InChI=1S/C18H23N3O6S3/c1-13-11-16(21-9-3-4-10-28(21,22)23)12-14(2)18(13)30(26,27)20-15-5-7-17(8-6-15)29(19,24)25/h5-8,11-12,20H,3-4,9-10H2,1-2H3,(H2,19,24,25). The van der Waals surface area contributed by atoms with Crippen LogP contribution in [-0.4, -0.2) is 37.6 Å². The van der Waals surface area contributed by atoms with Crippen LogP contribution in [0, 0.1) is 13.8 Å². The van der Waals surface area contributed by atoms with E-state index in [0.717, 1.165) is 6.42 Å². The Labute approximate surface area is 177 Å². The molecule has 30 heavy (non-hydrogen) atoms. The molecule has 1 aliphatic heterocycles. The van der Waals surface area contributed by atoms with Gasteiger partial charge in [-0.2, -0.15) is 0 Å². The van der Waals surface area contributed by atoms with Crippen molar-refractivity contribution in [2.45, 2.75) is 36.5 Å². The number of primary sulfonamides is 1. The fourth-order valence-electron chi connectivity index (χ4n) is 3.49. The summed E-state index contributed by atoms with van der Waals surface area (Å²) in [4.78, 5) is -0.0962. The zero-order valence-electron chi connectivity index (χ0n) is 16.5. The Hall–Kier alpha value is -2.15. The molecule has 0 radical (unpaired) electrons. The van der Waals surface area contributed by atoms with E-state index in [1.807, 2.05) is 0 Å². The molecular formula is C18H23N3O6S3. The quantitative estimate of drug-likeness (QED) is 0.676. The summed E-state index contributed by atoms with van der Waals surface area (Å²) >= 11 is 0. The number of hydrogen-bond donors (Lipinski definition) is 2. The summed E-state index contributed by atoms with van der Waals surface area (Å²) in [5.41, 5.74) is 1.42. The fraction of sp³-hybridized carbons (Fsp3) is 0.333. The van der Waals surface area contributed by atoms with Crippen LogP contribution in [0.2, 0.25) is 0 Å². The number of benzene rings is 2. The number of nitrogens with two attached hydrogens (primary N) is 1. The van der Waals surface area contributed by atoms with Crippen molar-refractivity contribution in [1.29, 1.82) is 0 Å². The van der Waals surface area contributed by atoms with Gasteiger partial charge in [-0.3, -0.25) is 9.03 Å². The van der Waals surface area contributed by atoms with Crippen LogP contribution in [-0.2, 0) is 30.1 Å². The first kappa shape index (κ1) is 22.5. The Morgan fingerprint density at radius 3 is 2.03 bits per heavy atom. The second-order valence-corrected chi connectivity index (χ2v) is 12.4. The van der Waals surface area contributed by atoms with Gasteiger partial charge in [0.25, 0.3) is 10.0 Å². The smallest absolute Gasteiger partial charge is 0.262 e. The molecule has 1 aliphatic rings. The molecule has 0 saturated carbocycles. The first-order chi connectivity index (χ1) is 13.8. The summed E-state index contributed by atoms with van der Waals surface area (Å²) in [6, 6.07) is 8.12. The van der Waals surface area contributed by atoms with Crippen LogP contribution in [0.4, 0.5) is 11.4 Å². The minimum absolute atomic E-state index is 0.0381. The molecule has 0 atom stereocenters. The molecule has 2 aromatic carbocycles. The number of anilines is 2. The van der Waals surface area contributed by atoms with Crippen LogP contribution >= 0.6 is 0 Å². The van der Waals surface area contributed by atoms with E-state index >= 15 is 0 Å². The van der Waals surface area contributed by atoms with Crippen molar-refractivity contribution in [3.63, 3.8) is 0 Å². The summed E-state index contributed by atoms with van der Waals surface area (Å²) in [5.74, 6) is 0.0707. The van der Waals surface area contributed by atoms with Gasteiger partial charge in [0.2, 0.25) is 20.0 Å². The molecule has 1 fully saturated rings. The monoisotopic (exact) mass is 473 g/mol. The van der Waals surface area contributed by atoms with E-state index in [9.17, 15) is 25.3 Å². The lowest BCUT2D eigenvalue weighted by molar-refractivity contribution is 0.574. The third-order valence-corrected chi connectivity index (χ3v) is 9.27. The third-order valence-electron chi connectivity index (χ3n) is 4.79. The molecule has 0 bridgehead atoms. The molecule has 0 spiro atoms. The highest BCUT2D eigenvalue weighted by Gasteiger charge is 2.28. The van der Waals surface area contributed by atoms with Crippen molar-refractivity contribution >= 4 is 41.4 Å². The van der Waals surface area contributed by atoms with Crippen LogP contribution in [0.15, 0.2) is 46.2 Å². The zero-order valence-corrected chi connectivity index (χ0v) is 18.9. The Kier molecular flexibility index (Phi) is 5.89. The van der Waals surface area contributed by atoms with E-state index in [4.69, 9.17) is 5.14 Å². The normalized spacial score (nSPS) is 17.0. The van der Waals surface area contributed by atoms with Crippen molar-refractivity contribution in [3.05, 3.63) is 47.5 Å². The Bertz CT molecular complexity index is 1260. The van der Waals surface area contributed by atoms with Crippen LogP contribution < -0.4 is 14.2 Å². The summed E-state index contributed by atoms with van der Waals surface area (Å²) in [6.45, 7) is 3.57. The maximum Gasteiger partial charge on any atom is 0.262 e. The molecule has 9 nitrogen and oxygen atoms in total. The lowest BCUT2D eigenvalue weighted by Crippen LogP contribution is -2.38. The van der Waals surface area contributed by atoms with Gasteiger partial charge in [0.15, 0.2) is 0 Å². The Morgan fingerprint density at radius 1 is 0.967 bits per heavy atom. The van der Waals surface area contributed by atoms with Crippen molar-refractivity contribution in [2.24, 2.45) is 5.14 Å². The van der Waals surface area contributed by atoms with Gasteiger partial charge in [-0.15, -0.1) is 0 Å². The van der Waals surface area contributed by atoms with Crippen LogP contribution in [0.1, 0.15) is 24.0 Å². The van der Waals surface area contributed by atoms with Crippen molar-refractivity contribution in [1.82, 2.24) is 0 Å². The highest BCUT2D eigenvalue weighted by Crippen LogP contribution is 2.31. The lowest BCUT2D eigenvalue weighted by Gasteiger charge is -2.29. The molecule has 164 valence electrons. The summed E-state index contributed by atoms with van der Waals surface area (Å²) in [6.07, 6.45) is 1.35. The van der Waals surface area contributed by atoms with E-state index in [0.29, 0.717) is 29.8 Å². The predicted octanol–water partition coefficient (Wildman–Crippen LogP) is 1.68. The second kappa shape index (κ2) is 7.84. The van der Waals surface area contributed by atoms with Crippen LogP contribution in [0.3, 0.4) is 0 Å². The molecule has 1 saturated heterocycles. The molecule has 1 heterocycles. The minimum Gasteiger partial charge on any atom is -0.280 e. The molecule has 3 rings (SSSR count). The number of nitrogens with zero attached hydrogens (tertiary/aromatic N) is 1. The lowest BCUT2D eigenvalue weighted by atomic mass is 10.1. The number of aryl methyl sites for hydroxylation is 2. The Balaban J connectivity index is 1.95. The fourth-order valence-corrected chi connectivity index (χ4v) is 7.15. The average Bonchev–Trinajstić information content (AvgIpc) is 2.59. The van der Waals surface area contributed by atoms with Gasteiger partial charge in [-0.25, -0.2) is 30.4 Å². The molecule has 0 unspecified atom stereocenters. The van der Waals surface area contributed by atoms with Crippen molar-refractivity contribution < 1.29 is 25.3 Å². The molecule has 2 aromatic rings. The minimum atomic E-state index is -4.00. The SMILES string of the molecule is Cc1cc(N2CCCCS2(=O)=O)cc(C)c1S(=O)(=O)Nc1ccc(S(N)(=O)=O)cc1. The predicted molar refractivity (Wildman–Crippen MR) is 115 cm³/mol. The zero-order chi connectivity index (χ0) is 22.3. The number of sulfonamides is 3. The van der Waals surface area contributed by atoms with Gasteiger partial charge >= 0.3 is 0 Å². The highest BCUT2D eigenvalue weighted by atomic mass is 32.2. The van der Waals surface area contributed by atoms with Gasteiger partial charge in [0.05, 0.1) is 21.2 Å². The largest absolute Gasteiger partial charge is 0.280 e. The van der Waals surface area contributed by atoms with Crippen LogP contribution in [0.5, 0.6) is 0 Å². The summed E-state index contributed by atoms with van der Waals surface area (Å²) < 4.78 is 77.1. The number of nitrogens with one attached hydrogen (secondary N) is 1. The molecule has 0 amide bonds. The highest BCUT2D eigenvalue weighted by molar-refractivity contribution is 7.93. The molecule has 0 aliphatic carbocycles. The van der Waals surface area contributed by atoms with E-state index in [2.05, 4.69) is 4.72 Å². The first-order valence-electron chi connectivity index (χ1n) is 9.09. The van der Waals surface area contributed by atoms with Gasteiger partial charge in [-0.05, 0) is 74.2 Å². The number of hydrogen-bond acceptors (Lipinski definition) is 6. The molecule has 3 N–H and O–H groups in total. The summed E-state index contributed by atoms with van der Waals surface area (Å²) in [7, 11) is -11.3. The second-order valence-electron chi connectivity index (χ2n) is 7.18.